The Kier molecular flexibility index (Phi) is 7.93. The van der Waals surface area contributed by atoms with Gasteiger partial charge in [0.15, 0.2) is 0 Å². The average Bonchev–Trinajstić information content (AvgIpc) is 3.53. The molecule has 0 spiro atoms. The number of amides is 2. The molecule has 2 amide bonds. The molecule has 218 valence electrons. The number of rotatable bonds is 5. The maximum atomic E-state index is 13.8. The van der Waals surface area contributed by atoms with Gasteiger partial charge in [-0.3, -0.25) is 4.79 Å². The van der Waals surface area contributed by atoms with Gasteiger partial charge in [0, 0.05) is 18.3 Å². The Hall–Kier alpha value is -2.85. The molecule has 0 radical (unpaired) electrons. The molecule has 2 saturated heterocycles. The Morgan fingerprint density at radius 1 is 1.07 bits per heavy atom. The first-order valence-corrected chi connectivity index (χ1v) is 14.2. The van der Waals surface area contributed by atoms with Crippen molar-refractivity contribution in [2.45, 2.75) is 111 Å². The lowest BCUT2D eigenvalue weighted by atomic mass is 9.79. The topological polar surface area (TPSA) is 106 Å². The third-order valence-electron chi connectivity index (χ3n) is 7.96. The van der Waals surface area contributed by atoms with E-state index in [4.69, 9.17) is 19.0 Å². The molecule has 40 heavy (non-hydrogen) atoms. The first-order chi connectivity index (χ1) is 18.4. The Bertz CT molecular complexity index is 1210. The van der Waals surface area contributed by atoms with E-state index in [2.05, 4.69) is 10.3 Å². The summed E-state index contributed by atoms with van der Waals surface area (Å²) in [5.74, 6) is 0.603. The molecular weight excluding hydrogens is 507 g/mol. The van der Waals surface area contributed by atoms with E-state index in [1.165, 1.54) is 0 Å². The van der Waals surface area contributed by atoms with Crippen LogP contribution < -0.4 is 10.8 Å². The summed E-state index contributed by atoms with van der Waals surface area (Å²) in [6.45, 7) is 20.0. The van der Waals surface area contributed by atoms with Gasteiger partial charge in [-0.2, -0.15) is 0 Å². The second-order valence-corrected chi connectivity index (χ2v) is 14.0. The Labute approximate surface area is 238 Å². The second kappa shape index (κ2) is 10.5. The standard InChI is InChI=1S/C30H45BN4O5/c1-27(2,3)23(34-26(37)38-28(4,5)6)25(36)35-17-11-12-22(35)24-32-18-21(33-24)19-13-15-20(16-14-19)31-39-29(7,8)30(9,10)40-31/h13-16,18,22-23H,11-12,17H2,1-10H3,(H,32,33)(H,34,37)/t22-,23+/m0/s1. The first-order valence-electron chi connectivity index (χ1n) is 14.2. The van der Waals surface area contributed by atoms with Gasteiger partial charge < -0.3 is 29.2 Å². The molecule has 1 aromatic carbocycles. The highest BCUT2D eigenvalue weighted by atomic mass is 16.7. The van der Waals surface area contributed by atoms with E-state index in [1.54, 1.807) is 20.8 Å². The number of nitrogens with one attached hydrogen (secondary N) is 2. The van der Waals surface area contributed by atoms with Gasteiger partial charge in [0.25, 0.3) is 0 Å². The van der Waals surface area contributed by atoms with Crippen molar-refractivity contribution < 1.29 is 23.6 Å². The Balaban J connectivity index is 1.49. The molecule has 0 bridgehead atoms. The molecule has 2 atom stereocenters. The van der Waals surface area contributed by atoms with Crippen LogP contribution >= 0.6 is 0 Å². The monoisotopic (exact) mass is 552 g/mol. The van der Waals surface area contributed by atoms with Crippen LogP contribution in [0, 0.1) is 5.41 Å². The molecule has 2 fully saturated rings. The zero-order chi connectivity index (χ0) is 29.7. The van der Waals surface area contributed by atoms with Gasteiger partial charge in [0.1, 0.15) is 17.5 Å². The van der Waals surface area contributed by atoms with Gasteiger partial charge >= 0.3 is 13.2 Å². The minimum absolute atomic E-state index is 0.134. The number of nitrogens with zero attached hydrogens (tertiary/aromatic N) is 2. The van der Waals surface area contributed by atoms with Gasteiger partial charge in [-0.15, -0.1) is 0 Å². The number of aromatic nitrogens is 2. The summed E-state index contributed by atoms with van der Waals surface area (Å²) in [4.78, 5) is 36.4. The van der Waals surface area contributed by atoms with Gasteiger partial charge in [-0.05, 0) is 72.2 Å². The van der Waals surface area contributed by atoms with E-state index in [1.807, 2.05) is 83.8 Å². The lowest BCUT2D eigenvalue weighted by Crippen LogP contribution is -2.55. The highest BCUT2D eigenvalue weighted by Crippen LogP contribution is 2.37. The number of H-pyrrole nitrogens is 1. The largest absolute Gasteiger partial charge is 0.494 e. The summed E-state index contributed by atoms with van der Waals surface area (Å²) in [7, 11) is -0.420. The fourth-order valence-corrected chi connectivity index (χ4v) is 5.00. The number of alkyl carbamates (subject to hydrolysis) is 1. The predicted molar refractivity (Wildman–Crippen MR) is 156 cm³/mol. The van der Waals surface area contributed by atoms with E-state index >= 15 is 0 Å². The van der Waals surface area contributed by atoms with Gasteiger partial charge in [-0.1, -0.05) is 45.0 Å². The molecular formula is C30H45BN4O5. The maximum absolute atomic E-state index is 13.8. The lowest BCUT2D eigenvalue weighted by molar-refractivity contribution is -0.137. The molecule has 4 rings (SSSR count). The molecule has 2 aliphatic heterocycles. The first kappa shape index (κ1) is 30.1. The zero-order valence-electron chi connectivity index (χ0n) is 25.7. The van der Waals surface area contributed by atoms with Crippen molar-refractivity contribution in [3.05, 3.63) is 36.3 Å². The van der Waals surface area contributed by atoms with Crippen molar-refractivity contribution in [2.75, 3.05) is 6.54 Å². The number of benzene rings is 1. The average molecular weight is 553 g/mol. The minimum atomic E-state index is -0.736. The van der Waals surface area contributed by atoms with Crippen LogP contribution in [-0.2, 0) is 18.8 Å². The van der Waals surface area contributed by atoms with Crippen molar-refractivity contribution >= 4 is 24.6 Å². The predicted octanol–water partition coefficient (Wildman–Crippen LogP) is 4.98. The van der Waals surface area contributed by atoms with E-state index in [9.17, 15) is 9.59 Å². The molecule has 0 aliphatic carbocycles. The molecule has 9 nitrogen and oxygen atoms in total. The van der Waals surface area contributed by atoms with Crippen molar-refractivity contribution in [2.24, 2.45) is 5.41 Å². The number of hydrogen-bond acceptors (Lipinski definition) is 6. The van der Waals surface area contributed by atoms with Gasteiger partial charge in [-0.25, -0.2) is 9.78 Å². The summed E-state index contributed by atoms with van der Waals surface area (Å²) in [6, 6.07) is 7.10. The van der Waals surface area contributed by atoms with E-state index in [0.717, 1.165) is 35.4 Å². The summed E-state index contributed by atoms with van der Waals surface area (Å²) in [5, 5.41) is 2.83. The number of carbonyl (C=O) groups excluding carboxylic acids is 2. The van der Waals surface area contributed by atoms with Crippen LogP contribution in [0.3, 0.4) is 0 Å². The molecule has 0 unspecified atom stereocenters. The van der Waals surface area contributed by atoms with Gasteiger partial charge in [0.05, 0.1) is 22.9 Å². The number of likely N-dealkylation sites (tertiary alicyclic amines) is 1. The minimum Gasteiger partial charge on any atom is -0.444 e. The molecule has 10 heteroatoms. The van der Waals surface area contributed by atoms with E-state index in [-0.39, 0.29) is 11.9 Å². The number of imidazole rings is 1. The summed E-state index contributed by atoms with van der Waals surface area (Å²) >= 11 is 0. The van der Waals surface area contributed by atoms with E-state index in [0.29, 0.717) is 6.54 Å². The van der Waals surface area contributed by atoms with Crippen LogP contribution in [0.4, 0.5) is 4.79 Å². The van der Waals surface area contributed by atoms with Crippen LogP contribution in [0.25, 0.3) is 11.3 Å². The fourth-order valence-electron chi connectivity index (χ4n) is 5.00. The summed E-state index contributed by atoms with van der Waals surface area (Å²) in [5.41, 5.74) is 0.759. The molecule has 2 aliphatic rings. The Morgan fingerprint density at radius 3 is 2.23 bits per heavy atom. The van der Waals surface area contributed by atoms with Crippen LogP contribution in [0.2, 0.25) is 0 Å². The number of hydrogen-bond donors (Lipinski definition) is 2. The second-order valence-electron chi connectivity index (χ2n) is 14.0. The number of carbonyl (C=O) groups is 2. The zero-order valence-corrected chi connectivity index (χ0v) is 25.7. The van der Waals surface area contributed by atoms with Crippen LogP contribution in [-0.4, -0.2) is 63.4 Å². The van der Waals surface area contributed by atoms with Crippen molar-refractivity contribution in [1.29, 1.82) is 0 Å². The quantitative estimate of drug-likeness (QED) is 0.507. The van der Waals surface area contributed by atoms with Gasteiger partial charge in [0.2, 0.25) is 5.91 Å². The third-order valence-corrected chi connectivity index (χ3v) is 7.96. The molecule has 0 saturated carbocycles. The van der Waals surface area contributed by atoms with Crippen LogP contribution in [0.1, 0.15) is 93.9 Å². The SMILES string of the molecule is CC(C)(C)OC(=O)N[C@H](C(=O)N1CCC[C@H]1c1nc(-c2ccc(B3OC(C)(C)C(C)(C)O3)cc2)c[nH]1)C(C)(C)C. The highest BCUT2D eigenvalue weighted by Gasteiger charge is 2.51. The fraction of sp³-hybridized carbons (Fsp3) is 0.633. The normalized spacial score (nSPS) is 21.4. The van der Waals surface area contributed by atoms with E-state index < -0.39 is 41.5 Å². The third kappa shape index (κ3) is 6.38. The number of ether oxygens (including phenoxy) is 1. The molecule has 2 N–H and O–H groups in total. The van der Waals surface area contributed by atoms with Crippen molar-refractivity contribution in [3.63, 3.8) is 0 Å². The highest BCUT2D eigenvalue weighted by molar-refractivity contribution is 6.62. The summed E-state index contributed by atoms with van der Waals surface area (Å²) in [6.07, 6.45) is 2.93. The molecule has 3 heterocycles. The lowest BCUT2D eigenvalue weighted by Gasteiger charge is -2.35. The Morgan fingerprint density at radius 2 is 1.68 bits per heavy atom. The van der Waals surface area contributed by atoms with Crippen molar-refractivity contribution in [3.8, 4) is 11.3 Å². The smallest absolute Gasteiger partial charge is 0.444 e. The van der Waals surface area contributed by atoms with Crippen LogP contribution in [0.5, 0.6) is 0 Å². The molecule has 2 aromatic rings. The van der Waals surface area contributed by atoms with Crippen LogP contribution in [0.15, 0.2) is 30.5 Å². The van der Waals surface area contributed by atoms with Crippen molar-refractivity contribution in [1.82, 2.24) is 20.2 Å². The summed E-state index contributed by atoms with van der Waals surface area (Å²) < 4.78 is 17.8. The molecule has 1 aromatic heterocycles. The maximum Gasteiger partial charge on any atom is 0.494 e. The number of aromatic amines is 1.